The van der Waals surface area contributed by atoms with E-state index in [-0.39, 0.29) is 5.57 Å². The number of hydrogen-bond acceptors (Lipinski definition) is 3. The first-order valence-corrected chi connectivity index (χ1v) is 5.25. The van der Waals surface area contributed by atoms with E-state index in [1.54, 1.807) is 24.4 Å². The van der Waals surface area contributed by atoms with Gasteiger partial charge in [0.05, 0.1) is 0 Å². The van der Waals surface area contributed by atoms with Gasteiger partial charge in [0.15, 0.2) is 0 Å². The smallest absolute Gasteiger partial charge is 0.129 e. The number of hydrogen-bond donors (Lipinski definition) is 1. The number of rotatable bonds is 7. The van der Waals surface area contributed by atoms with Crippen molar-refractivity contribution < 1.29 is 0 Å². The molecule has 0 aromatic carbocycles. The number of unbranched alkanes of at least 4 members (excludes halogenated alkanes) is 3. The molecule has 0 fully saturated rings. The standard InChI is InChI=1S/C12H17N3/c1-2-3-4-5-8-15-9-6-7-12(10-13)11-14/h6-7,9,15H,2-5,8H2,1H3. The van der Waals surface area contributed by atoms with E-state index in [1.165, 1.54) is 25.3 Å². The van der Waals surface area contributed by atoms with Crippen molar-refractivity contribution in [3.63, 3.8) is 0 Å². The summed E-state index contributed by atoms with van der Waals surface area (Å²) in [5, 5.41) is 20.0. The van der Waals surface area contributed by atoms with Gasteiger partial charge in [0.25, 0.3) is 0 Å². The molecular formula is C12H17N3. The lowest BCUT2D eigenvalue weighted by Crippen LogP contribution is -2.06. The van der Waals surface area contributed by atoms with Crippen LogP contribution in [0.4, 0.5) is 0 Å². The van der Waals surface area contributed by atoms with Crippen molar-refractivity contribution in [3.05, 3.63) is 23.9 Å². The maximum atomic E-state index is 8.43. The fourth-order valence-corrected chi connectivity index (χ4v) is 1.05. The third-order valence-corrected chi connectivity index (χ3v) is 1.89. The molecule has 0 unspecified atom stereocenters. The Hall–Kier alpha value is -1.74. The Morgan fingerprint density at radius 2 is 1.93 bits per heavy atom. The van der Waals surface area contributed by atoms with E-state index in [2.05, 4.69) is 12.2 Å². The first-order valence-electron chi connectivity index (χ1n) is 5.25. The zero-order valence-electron chi connectivity index (χ0n) is 9.16. The second-order valence-corrected chi connectivity index (χ2v) is 3.18. The van der Waals surface area contributed by atoms with Gasteiger partial charge in [-0.1, -0.05) is 26.2 Å². The number of nitrogens with zero attached hydrogens (tertiary/aromatic N) is 2. The van der Waals surface area contributed by atoms with Crippen molar-refractivity contribution in [1.82, 2.24) is 5.32 Å². The van der Waals surface area contributed by atoms with Crippen molar-refractivity contribution in [3.8, 4) is 12.1 Å². The second-order valence-electron chi connectivity index (χ2n) is 3.18. The summed E-state index contributed by atoms with van der Waals surface area (Å²) in [7, 11) is 0. The minimum absolute atomic E-state index is 0.124. The van der Waals surface area contributed by atoms with Gasteiger partial charge in [-0.25, -0.2) is 0 Å². The monoisotopic (exact) mass is 203 g/mol. The molecule has 0 saturated carbocycles. The SMILES string of the molecule is CCCCCCNC=CC=C(C#N)C#N. The van der Waals surface area contributed by atoms with Crippen LogP contribution in [0.1, 0.15) is 32.6 Å². The molecule has 0 bridgehead atoms. The van der Waals surface area contributed by atoms with Crippen LogP contribution in [0.2, 0.25) is 0 Å². The first-order chi connectivity index (χ1) is 7.35. The van der Waals surface area contributed by atoms with Crippen LogP contribution in [0.5, 0.6) is 0 Å². The maximum absolute atomic E-state index is 8.43. The Kier molecular flexibility index (Phi) is 9.14. The third-order valence-electron chi connectivity index (χ3n) is 1.89. The van der Waals surface area contributed by atoms with E-state index in [9.17, 15) is 0 Å². The molecule has 80 valence electrons. The summed E-state index contributed by atoms with van der Waals surface area (Å²) in [6.07, 6.45) is 9.87. The molecule has 0 heterocycles. The normalized spacial score (nSPS) is 9.27. The molecule has 0 rings (SSSR count). The second kappa shape index (κ2) is 10.3. The summed E-state index contributed by atoms with van der Waals surface area (Å²) in [5.74, 6) is 0. The molecular weight excluding hydrogens is 186 g/mol. The molecule has 0 aliphatic rings. The largest absolute Gasteiger partial charge is 0.391 e. The average Bonchev–Trinajstić information content (AvgIpc) is 2.27. The highest BCUT2D eigenvalue weighted by Crippen LogP contribution is 1.96. The molecule has 3 nitrogen and oxygen atoms in total. The van der Waals surface area contributed by atoms with Gasteiger partial charge in [0.2, 0.25) is 0 Å². The van der Waals surface area contributed by atoms with Crippen LogP contribution in [-0.4, -0.2) is 6.54 Å². The molecule has 15 heavy (non-hydrogen) atoms. The highest BCUT2D eigenvalue weighted by Gasteiger charge is 1.86. The molecule has 0 aliphatic carbocycles. The Morgan fingerprint density at radius 3 is 2.53 bits per heavy atom. The average molecular weight is 203 g/mol. The van der Waals surface area contributed by atoms with Gasteiger partial charge >= 0.3 is 0 Å². The van der Waals surface area contributed by atoms with Crippen LogP contribution in [0, 0.1) is 22.7 Å². The summed E-state index contributed by atoms with van der Waals surface area (Å²) in [6.45, 7) is 3.13. The van der Waals surface area contributed by atoms with Crippen LogP contribution in [0.25, 0.3) is 0 Å². The summed E-state index contributed by atoms with van der Waals surface area (Å²) >= 11 is 0. The van der Waals surface area contributed by atoms with Crippen LogP contribution in [0.3, 0.4) is 0 Å². The molecule has 0 spiro atoms. The van der Waals surface area contributed by atoms with E-state index in [0.29, 0.717) is 0 Å². The fourth-order valence-electron chi connectivity index (χ4n) is 1.05. The minimum Gasteiger partial charge on any atom is -0.391 e. The van der Waals surface area contributed by atoms with Gasteiger partial charge in [-0.05, 0) is 24.8 Å². The Balaban J connectivity index is 3.52. The van der Waals surface area contributed by atoms with Crippen molar-refractivity contribution in [2.24, 2.45) is 0 Å². The highest BCUT2D eigenvalue weighted by atomic mass is 14.8. The van der Waals surface area contributed by atoms with Gasteiger partial charge in [0.1, 0.15) is 17.7 Å². The van der Waals surface area contributed by atoms with Crippen LogP contribution in [-0.2, 0) is 0 Å². The fraction of sp³-hybridized carbons (Fsp3) is 0.500. The summed E-state index contributed by atoms with van der Waals surface area (Å²) < 4.78 is 0. The quantitative estimate of drug-likeness (QED) is 0.393. The van der Waals surface area contributed by atoms with E-state index in [0.717, 1.165) is 13.0 Å². The lowest BCUT2D eigenvalue weighted by molar-refractivity contribution is 0.646. The minimum atomic E-state index is 0.124. The molecule has 0 amide bonds. The van der Waals surface area contributed by atoms with E-state index < -0.39 is 0 Å². The first kappa shape index (κ1) is 13.3. The van der Waals surface area contributed by atoms with Gasteiger partial charge in [-0.15, -0.1) is 0 Å². The lowest BCUT2D eigenvalue weighted by Gasteiger charge is -1.98. The van der Waals surface area contributed by atoms with E-state index in [4.69, 9.17) is 10.5 Å². The highest BCUT2D eigenvalue weighted by molar-refractivity contribution is 5.37. The van der Waals surface area contributed by atoms with Gasteiger partial charge in [-0.2, -0.15) is 10.5 Å². The van der Waals surface area contributed by atoms with Gasteiger partial charge in [-0.3, -0.25) is 0 Å². The number of allylic oxidation sites excluding steroid dienone is 3. The van der Waals surface area contributed by atoms with Crippen LogP contribution >= 0.6 is 0 Å². The van der Waals surface area contributed by atoms with E-state index >= 15 is 0 Å². The van der Waals surface area contributed by atoms with Gasteiger partial charge in [0, 0.05) is 6.54 Å². The third kappa shape index (κ3) is 8.59. The molecule has 0 aliphatic heterocycles. The zero-order chi connectivity index (χ0) is 11.4. The summed E-state index contributed by atoms with van der Waals surface area (Å²) in [4.78, 5) is 0. The molecule has 0 atom stereocenters. The van der Waals surface area contributed by atoms with Crippen molar-refractivity contribution >= 4 is 0 Å². The number of nitriles is 2. The molecule has 3 heteroatoms. The molecule has 0 radical (unpaired) electrons. The predicted molar refractivity (Wildman–Crippen MR) is 60.6 cm³/mol. The van der Waals surface area contributed by atoms with Gasteiger partial charge < -0.3 is 5.32 Å². The summed E-state index contributed by atoms with van der Waals surface area (Å²) in [5.41, 5.74) is 0.124. The molecule has 0 aromatic rings. The van der Waals surface area contributed by atoms with Crippen molar-refractivity contribution in [2.45, 2.75) is 32.6 Å². The molecule has 0 aromatic heterocycles. The van der Waals surface area contributed by atoms with Crippen molar-refractivity contribution in [2.75, 3.05) is 6.54 Å². The maximum Gasteiger partial charge on any atom is 0.129 e. The van der Waals surface area contributed by atoms with Crippen LogP contribution in [0.15, 0.2) is 23.9 Å². The molecule has 1 N–H and O–H groups in total. The Morgan fingerprint density at radius 1 is 1.20 bits per heavy atom. The van der Waals surface area contributed by atoms with E-state index in [1.807, 2.05) is 0 Å². The molecule has 0 saturated heterocycles. The number of nitrogens with one attached hydrogen (secondary N) is 1. The topological polar surface area (TPSA) is 59.6 Å². The lowest BCUT2D eigenvalue weighted by atomic mass is 10.2. The Bertz CT molecular complexity index is 273. The van der Waals surface area contributed by atoms with Crippen LogP contribution < -0.4 is 5.32 Å². The Labute approximate surface area is 91.7 Å². The van der Waals surface area contributed by atoms with Crippen molar-refractivity contribution in [1.29, 1.82) is 10.5 Å². The summed E-state index contributed by atoms with van der Waals surface area (Å²) in [6, 6.07) is 3.58. The predicted octanol–water partition coefficient (Wildman–Crippen LogP) is 2.64. The zero-order valence-corrected chi connectivity index (χ0v) is 9.16.